The van der Waals surface area contributed by atoms with Crippen molar-refractivity contribution in [1.82, 2.24) is 5.16 Å². The molecule has 2 N–H and O–H groups in total. The summed E-state index contributed by atoms with van der Waals surface area (Å²) in [4.78, 5) is 0. The van der Waals surface area contributed by atoms with Gasteiger partial charge in [0.25, 0.3) is 0 Å². The van der Waals surface area contributed by atoms with Crippen LogP contribution in [-0.4, -0.2) is 10.5 Å². The van der Waals surface area contributed by atoms with Crippen LogP contribution >= 0.6 is 15.9 Å². The number of hydrogen-bond acceptors (Lipinski definition) is 3. The molecule has 0 saturated carbocycles. The van der Waals surface area contributed by atoms with E-state index in [1.807, 2.05) is 30.4 Å². The van der Waals surface area contributed by atoms with Gasteiger partial charge < -0.3 is 10.3 Å². The molecule has 0 fully saturated rings. The molecule has 0 saturated heterocycles. The summed E-state index contributed by atoms with van der Waals surface area (Å²) >= 11 is 3.32. The Morgan fingerprint density at radius 2 is 2.36 bits per heavy atom. The number of nitrogen functional groups attached to an aromatic ring is 1. The highest BCUT2D eigenvalue weighted by molar-refractivity contribution is 9.09. The lowest BCUT2D eigenvalue weighted by Gasteiger charge is -1.92. The van der Waals surface area contributed by atoms with E-state index in [1.54, 1.807) is 0 Å². The third kappa shape index (κ3) is 1.65. The van der Waals surface area contributed by atoms with Crippen LogP contribution in [0.15, 0.2) is 28.8 Å². The Kier molecular flexibility index (Phi) is 2.54. The fourth-order valence-corrected chi connectivity index (χ4v) is 1.45. The zero-order valence-electron chi connectivity index (χ0n) is 7.40. The number of hydrogen-bond donors (Lipinski definition) is 1. The number of nitrogens with zero attached hydrogens (tertiary/aromatic N) is 1. The van der Waals surface area contributed by atoms with Gasteiger partial charge in [0.1, 0.15) is 0 Å². The molecule has 0 amide bonds. The Morgan fingerprint density at radius 1 is 1.50 bits per heavy atom. The maximum absolute atomic E-state index is 5.64. The Hall–Kier alpha value is -1.29. The number of anilines is 1. The van der Waals surface area contributed by atoms with Crippen LogP contribution in [0.5, 0.6) is 0 Å². The van der Waals surface area contributed by atoms with Crippen LogP contribution in [0.2, 0.25) is 0 Å². The number of alkyl halides is 1. The van der Waals surface area contributed by atoms with Gasteiger partial charge in [0.2, 0.25) is 0 Å². The quantitative estimate of drug-likeness (QED) is 0.837. The number of fused-ring (bicyclic) bond motifs is 1. The molecule has 0 radical (unpaired) electrons. The van der Waals surface area contributed by atoms with Crippen molar-refractivity contribution < 1.29 is 4.52 Å². The average Bonchev–Trinajstić information content (AvgIpc) is 2.57. The van der Waals surface area contributed by atoms with Gasteiger partial charge in [-0.2, -0.15) is 0 Å². The van der Waals surface area contributed by atoms with Crippen LogP contribution in [0, 0.1) is 0 Å². The van der Waals surface area contributed by atoms with Gasteiger partial charge in [-0.05, 0) is 17.7 Å². The lowest BCUT2D eigenvalue weighted by molar-refractivity contribution is 0.460. The van der Waals surface area contributed by atoms with Gasteiger partial charge in [-0.1, -0.05) is 39.3 Å². The van der Waals surface area contributed by atoms with Gasteiger partial charge in [-0.15, -0.1) is 0 Å². The van der Waals surface area contributed by atoms with Crippen molar-refractivity contribution in [1.29, 1.82) is 0 Å². The van der Waals surface area contributed by atoms with Crippen molar-refractivity contribution in [3.8, 4) is 0 Å². The molecule has 14 heavy (non-hydrogen) atoms. The van der Waals surface area contributed by atoms with Gasteiger partial charge in [0.15, 0.2) is 11.4 Å². The lowest BCUT2D eigenvalue weighted by Crippen LogP contribution is -1.83. The van der Waals surface area contributed by atoms with E-state index in [0.29, 0.717) is 5.82 Å². The summed E-state index contributed by atoms with van der Waals surface area (Å²) in [5.74, 6) is 0.439. The molecule has 1 aromatic carbocycles. The number of allylic oxidation sites excluding steroid dienone is 1. The summed E-state index contributed by atoms with van der Waals surface area (Å²) in [6.07, 6.45) is 4.03. The van der Waals surface area contributed by atoms with E-state index in [-0.39, 0.29) is 0 Å². The minimum absolute atomic E-state index is 0.439. The molecular weight excluding hydrogens is 244 g/mol. The summed E-state index contributed by atoms with van der Waals surface area (Å²) < 4.78 is 5.00. The third-order valence-electron chi connectivity index (χ3n) is 1.92. The number of halogens is 1. The zero-order valence-corrected chi connectivity index (χ0v) is 8.99. The van der Waals surface area contributed by atoms with Gasteiger partial charge in [-0.25, -0.2) is 0 Å². The second-order valence-corrected chi connectivity index (χ2v) is 3.53. The SMILES string of the molecule is Nc1noc2ccc(C=CCBr)cc12. The van der Waals surface area contributed by atoms with Gasteiger partial charge in [0.05, 0.1) is 5.39 Å². The fourth-order valence-electron chi connectivity index (χ4n) is 1.26. The summed E-state index contributed by atoms with van der Waals surface area (Å²) in [6.45, 7) is 0. The molecule has 0 aliphatic rings. The second kappa shape index (κ2) is 3.84. The van der Waals surface area contributed by atoms with E-state index in [1.165, 1.54) is 0 Å². The number of benzene rings is 1. The molecule has 0 unspecified atom stereocenters. The van der Waals surface area contributed by atoms with Crippen molar-refractivity contribution in [2.45, 2.75) is 0 Å². The van der Waals surface area contributed by atoms with Crippen LogP contribution in [0.4, 0.5) is 5.82 Å². The molecule has 72 valence electrons. The van der Waals surface area contributed by atoms with E-state index < -0.39 is 0 Å². The van der Waals surface area contributed by atoms with Crippen LogP contribution in [0.1, 0.15) is 5.56 Å². The predicted molar refractivity (Wildman–Crippen MR) is 61.2 cm³/mol. The normalized spacial score (nSPS) is 11.5. The number of nitrogens with two attached hydrogens (primary N) is 1. The molecule has 0 aliphatic carbocycles. The topological polar surface area (TPSA) is 52.0 Å². The van der Waals surface area contributed by atoms with Crippen molar-refractivity contribution in [2.24, 2.45) is 0 Å². The minimum atomic E-state index is 0.439. The summed E-state index contributed by atoms with van der Waals surface area (Å²) in [5, 5.41) is 5.39. The molecule has 2 aromatic rings. The van der Waals surface area contributed by atoms with Crippen LogP contribution in [-0.2, 0) is 0 Å². The van der Waals surface area contributed by atoms with E-state index in [2.05, 4.69) is 21.1 Å². The van der Waals surface area contributed by atoms with Gasteiger partial charge in [0, 0.05) is 5.33 Å². The zero-order chi connectivity index (χ0) is 9.97. The van der Waals surface area contributed by atoms with E-state index >= 15 is 0 Å². The molecule has 4 heteroatoms. The molecular formula is C10H9BrN2O. The Labute approximate surface area is 89.7 Å². The van der Waals surface area contributed by atoms with Crippen LogP contribution in [0.25, 0.3) is 17.0 Å². The first kappa shape index (κ1) is 9.27. The van der Waals surface area contributed by atoms with Gasteiger partial charge in [-0.3, -0.25) is 0 Å². The molecule has 0 aliphatic heterocycles. The molecule has 0 atom stereocenters. The van der Waals surface area contributed by atoms with E-state index in [4.69, 9.17) is 10.3 Å². The fraction of sp³-hybridized carbons (Fsp3) is 0.100. The number of aromatic nitrogens is 1. The summed E-state index contributed by atoms with van der Waals surface area (Å²) in [7, 11) is 0. The van der Waals surface area contributed by atoms with Crippen molar-refractivity contribution in [2.75, 3.05) is 11.1 Å². The monoisotopic (exact) mass is 252 g/mol. The minimum Gasteiger partial charge on any atom is -0.380 e. The summed E-state index contributed by atoms with van der Waals surface area (Å²) in [5.41, 5.74) is 7.45. The number of rotatable bonds is 2. The van der Waals surface area contributed by atoms with Gasteiger partial charge >= 0.3 is 0 Å². The highest BCUT2D eigenvalue weighted by Gasteiger charge is 2.03. The van der Waals surface area contributed by atoms with Crippen LogP contribution < -0.4 is 5.73 Å². The average molecular weight is 253 g/mol. The van der Waals surface area contributed by atoms with E-state index in [9.17, 15) is 0 Å². The Balaban J connectivity index is 2.49. The van der Waals surface area contributed by atoms with Crippen molar-refractivity contribution in [3.05, 3.63) is 29.8 Å². The molecule has 2 rings (SSSR count). The van der Waals surface area contributed by atoms with E-state index in [0.717, 1.165) is 21.9 Å². The lowest BCUT2D eigenvalue weighted by atomic mass is 10.1. The first-order chi connectivity index (χ1) is 6.81. The second-order valence-electron chi connectivity index (χ2n) is 2.88. The third-order valence-corrected chi connectivity index (χ3v) is 2.30. The highest BCUT2D eigenvalue weighted by Crippen LogP contribution is 2.21. The molecule has 1 aromatic heterocycles. The molecule has 0 spiro atoms. The standard InChI is InChI=1S/C10H9BrN2O/c11-5-1-2-7-3-4-9-8(6-7)10(12)13-14-9/h1-4,6H,5H2,(H2,12,13). The van der Waals surface area contributed by atoms with Crippen LogP contribution in [0.3, 0.4) is 0 Å². The predicted octanol–water partition coefficient (Wildman–Crippen LogP) is 2.82. The Morgan fingerprint density at radius 3 is 3.14 bits per heavy atom. The Bertz CT molecular complexity index is 476. The van der Waals surface area contributed by atoms with Crippen molar-refractivity contribution in [3.63, 3.8) is 0 Å². The molecule has 3 nitrogen and oxygen atoms in total. The maximum Gasteiger partial charge on any atom is 0.174 e. The van der Waals surface area contributed by atoms with Crippen molar-refractivity contribution >= 4 is 38.8 Å². The largest absolute Gasteiger partial charge is 0.380 e. The smallest absolute Gasteiger partial charge is 0.174 e. The highest BCUT2D eigenvalue weighted by atomic mass is 79.9. The first-order valence-corrected chi connectivity index (χ1v) is 5.31. The molecule has 1 heterocycles. The summed E-state index contributed by atoms with van der Waals surface area (Å²) in [6, 6.07) is 5.79. The maximum atomic E-state index is 5.64. The first-order valence-electron chi connectivity index (χ1n) is 4.18. The molecule has 0 bridgehead atoms.